The molecule has 0 saturated heterocycles. The number of unbranched alkanes of at least 4 members (excludes halogenated alkanes) is 5. The highest BCUT2D eigenvalue weighted by Crippen LogP contribution is 2.57. The number of ether oxygens (including phenoxy) is 1. The Morgan fingerprint density at radius 1 is 1.03 bits per heavy atom. The lowest BCUT2D eigenvalue weighted by atomic mass is 9.59. The van der Waals surface area contributed by atoms with Crippen molar-refractivity contribution in [1.29, 1.82) is 0 Å². The maximum absolute atomic E-state index is 12.2. The highest BCUT2D eigenvalue weighted by Gasteiger charge is 2.43. The second-order valence-electron chi connectivity index (χ2n) is 10.2. The number of fused-ring (bicyclic) bond motifs is 6. The topological polar surface area (TPSA) is 46.5 Å². The van der Waals surface area contributed by atoms with E-state index in [1.54, 1.807) is 6.07 Å². The van der Waals surface area contributed by atoms with Gasteiger partial charge >= 0.3 is 0 Å². The molecular weight excluding hydrogens is 384 g/mol. The summed E-state index contributed by atoms with van der Waals surface area (Å²) in [5.41, 5.74) is 3.26. The van der Waals surface area contributed by atoms with Crippen LogP contribution in [0.2, 0.25) is 0 Å². The van der Waals surface area contributed by atoms with Gasteiger partial charge in [-0.05, 0) is 80.1 Å². The van der Waals surface area contributed by atoms with Crippen molar-refractivity contribution < 1.29 is 14.6 Å². The molecule has 1 N–H and O–H groups in total. The van der Waals surface area contributed by atoms with E-state index in [-0.39, 0.29) is 11.9 Å². The Hall–Kier alpha value is -1.77. The maximum Gasteiger partial charge on any atom is 0.156 e. The molecular formula is C28H40O3. The van der Waals surface area contributed by atoms with Gasteiger partial charge in [-0.2, -0.15) is 0 Å². The third kappa shape index (κ3) is 5.02. The first kappa shape index (κ1) is 22.4. The number of allylic oxidation sites excluding steroid dienone is 2. The predicted octanol–water partition coefficient (Wildman–Crippen LogP) is 7.56. The molecule has 1 saturated carbocycles. The van der Waals surface area contributed by atoms with Crippen LogP contribution in [-0.2, 0) is 4.79 Å². The summed E-state index contributed by atoms with van der Waals surface area (Å²) in [5.74, 6) is 2.83. The van der Waals surface area contributed by atoms with Gasteiger partial charge in [-0.1, -0.05) is 51.9 Å². The minimum atomic E-state index is 0.151. The molecule has 0 spiro atoms. The summed E-state index contributed by atoms with van der Waals surface area (Å²) in [6, 6.07) is 3.97. The standard InChI is InChI=1S/C28H40O3/c1-3-4-5-6-7-8-11-19(2)31-21-17-26-23-13-10-9-12-22(23)24-15-14-20(29)16-25(24)28(26)27(30)18-21/h16-19,22-24,30H,3-15H2,1-2H3. The van der Waals surface area contributed by atoms with Crippen molar-refractivity contribution in [3.05, 3.63) is 29.3 Å². The molecule has 3 aliphatic rings. The molecule has 0 aromatic heterocycles. The van der Waals surface area contributed by atoms with Gasteiger partial charge < -0.3 is 9.84 Å². The van der Waals surface area contributed by atoms with E-state index in [4.69, 9.17) is 4.74 Å². The Balaban J connectivity index is 1.50. The quantitative estimate of drug-likeness (QED) is 0.416. The molecule has 0 heterocycles. The fourth-order valence-corrected chi connectivity index (χ4v) is 6.34. The van der Waals surface area contributed by atoms with Gasteiger partial charge in [0.15, 0.2) is 5.78 Å². The minimum Gasteiger partial charge on any atom is -0.507 e. The molecule has 0 radical (unpaired) electrons. The van der Waals surface area contributed by atoms with E-state index in [1.165, 1.54) is 69.8 Å². The van der Waals surface area contributed by atoms with Crippen molar-refractivity contribution in [2.75, 3.05) is 0 Å². The second-order valence-corrected chi connectivity index (χ2v) is 10.2. The fourth-order valence-electron chi connectivity index (χ4n) is 6.34. The molecule has 0 amide bonds. The lowest BCUT2D eigenvalue weighted by Gasteiger charge is -2.45. The van der Waals surface area contributed by atoms with Crippen molar-refractivity contribution in [3.8, 4) is 11.5 Å². The van der Waals surface area contributed by atoms with Gasteiger partial charge in [0.1, 0.15) is 11.5 Å². The zero-order valence-corrected chi connectivity index (χ0v) is 19.5. The van der Waals surface area contributed by atoms with Gasteiger partial charge in [0, 0.05) is 18.1 Å². The number of aromatic hydroxyl groups is 1. The van der Waals surface area contributed by atoms with Crippen LogP contribution in [0.25, 0.3) is 5.57 Å². The second kappa shape index (κ2) is 10.2. The summed E-state index contributed by atoms with van der Waals surface area (Å²) in [7, 11) is 0. The Morgan fingerprint density at radius 3 is 2.65 bits per heavy atom. The number of ketones is 1. The third-order valence-electron chi connectivity index (χ3n) is 7.87. The highest BCUT2D eigenvalue weighted by atomic mass is 16.5. The number of phenolic OH excluding ortho intramolecular Hbond substituents is 1. The van der Waals surface area contributed by atoms with E-state index in [0.717, 1.165) is 29.7 Å². The van der Waals surface area contributed by atoms with Crippen molar-refractivity contribution in [2.24, 2.45) is 11.8 Å². The lowest BCUT2D eigenvalue weighted by molar-refractivity contribution is -0.115. The van der Waals surface area contributed by atoms with Crippen LogP contribution in [0.4, 0.5) is 0 Å². The SMILES string of the molecule is CCCCCCCCC(C)Oc1cc(O)c2c(c1)C1CCCCC1C1CCC(=O)C=C21. The van der Waals surface area contributed by atoms with Crippen LogP contribution in [0.5, 0.6) is 11.5 Å². The predicted molar refractivity (Wildman–Crippen MR) is 127 cm³/mol. The molecule has 1 aromatic rings. The molecule has 1 aromatic carbocycles. The Labute approximate surface area is 188 Å². The largest absolute Gasteiger partial charge is 0.507 e. The van der Waals surface area contributed by atoms with Gasteiger partial charge in [-0.3, -0.25) is 4.79 Å². The van der Waals surface area contributed by atoms with Gasteiger partial charge in [-0.15, -0.1) is 0 Å². The van der Waals surface area contributed by atoms with Crippen LogP contribution >= 0.6 is 0 Å². The average molecular weight is 425 g/mol. The van der Waals surface area contributed by atoms with Crippen molar-refractivity contribution in [2.45, 2.75) is 109 Å². The van der Waals surface area contributed by atoms with E-state index < -0.39 is 0 Å². The van der Waals surface area contributed by atoms with E-state index in [2.05, 4.69) is 19.9 Å². The monoisotopic (exact) mass is 424 g/mol. The molecule has 4 unspecified atom stereocenters. The number of benzene rings is 1. The summed E-state index contributed by atoms with van der Waals surface area (Å²) in [5, 5.41) is 11.0. The number of carbonyl (C=O) groups is 1. The zero-order chi connectivity index (χ0) is 21.8. The lowest BCUT2D eigenvalue weighted by Crippen LogP contribution is -2.33. The minimum absolute atomic E-state index is 0.151. The highest BCUT2D eigenvalue weighted by molar-refractivity contribution is 6.00. The molecule has 1 fully saturated rings. The van der Waals surface area contributed by atoms with Crippen LogP contribution < -0.4 is 4.74 Å². The summed E-state index contributed by atoms with van der Waals surface area (Å²) < 4.78 is 6.28. The van der Waals surface area contributed by atoms with Gasteiger partial charge in [0.2, 0.25) is 0 Å². The number of hydrogen-bond donors (Lipinski definition) is 1. The summed E-state index contributed by atoms with van der Waals surface area (Å²) >= 11 is 0. The molecule has 0 aliphatic heterocycles. The maximum atomic E-state index is 12.2. The van der Waals surface area contributed by atoms with E-state index in [1.807, 2.05) is 6.08 Å². The summed E-state index contributed by atoms with van der Waals surface area (Å²) in [4.78, 5) is 12.2. The molecule has 0 bridgehead atoms. The van der Waals surface area contributed by atoms with Crippen molar-refractivity contribution in [3.63, 3.8) is 0 Å². The van der Waals surface area contributed by atoms with Crippen molar-refractivity contribution in [1.82, 2.24) is 0 Å². The normalized spacial score (nSPS) is 25.8. The molecule has 4 rings (SSSR count). The number of rotatable bonds is 9. The fraction of sp³-hybridized carbons (Fsp3) is 0.679. The first-order valence-corrected chi connectivity index (χ1v) is 12.9. The molecule has 3 aliphatic carbocycles. The Bertz CT molecular complexity index is 809. The number of carbonyl (C=O) groups excluding carboxylic acids is 1. The molecule has 4 atom stereocenters. The summed E-state index contributed by atoms with van der Waals surface area (Å²) in [6.45, 7) is 4.40. The molecule has 3 heteroatoms. The van der Waals surface area contributed by atoms with E-state index in [0.29, 0.717) is 29.9 Å². The molecule has 31 heavy (non-hydrogen) atoms. The average Bonchev–Trinajstić information content (AvgIpc) is 2.76. The van der Waals surface area contributed by atoms with Crippen LogP contribution in [0.15, 0.2) is 18.2 Å². The van der Waals surface area contributed by atoms with Gasteiger partial charge in [0.25, 0.3) is 0 Å². The first-order valence-electron chi connectivity index (χ1n) is 12.9. The molecule has 170 valence electrons. The van der Waals surface area contributed by atoms with Crippen LogP contribution in [0.3, 0.4) is 0 Å². The van der Waals surface area contributed by atoms with Crippen LogP contribution in [0.1, 0.15) is 114 Å². The van der Waals surface area contributed by atoms with Crippen LogP contribution in [0, 0.1) is 11.8 Å². The van der Waals surface area contributed by atoms with Gasteiger partial charge in [0.05, 0.1) is 6.10 Å². The summed E-state index contributed by atoms with van der Waals surface area (Å²) in [6.07, 6.45) is 17.4. The zero-order valence-electron chi connectivity index (χ0n) is 19.5. The Morgan fingerprint density at radius 2 is 1.81 bits per heavy atom. The number of hydrogen-bond acceptors (Lipinski definition) is 3. The molecule has 3 nitrogen and oxygen atoms in total. The van der Waals surface area contributed by atoms with Crippen molar-refractivity contribution >= 4 is 11.4 Å². The van der Waals surface area contributed by atoms with E-state index >= 15 is 0 Å². The smallest absolute Gasteiger partial charge is 0.156 e. The van der Waals surface area contributed by atoms with Gasteiger partial charge in [-0.25, -0.2) is 0 Å². The number of phenols is 1. The first-order chi connectivity index (χ1) is 15.1. The van der Waals surface area contributed by atoms with E-state index in [9.17, 15) is 9.90 Å². The Kier molecular flexibility index (Phi) is 7.40. The third-order valence-corrected chi connectivity index (χ3v) is 7.87. The van der Waals surface area contributed by atoms with Crippen LogP contribution in [-0.4, -0.2) is 17.0 Å².